The van der Waals surface area contributed by atoms with Crippen molar-refractivity contribution in [2.24, 2.45) is 0 Å². The summed E-state index contributed by atoms with van der Waals surface area (Å²) in [6.45, 7) is 27.6. The summed E-state index contributed by atoms with van der Waals surface area (Å²) in [6, 6.07) is 49.8. The molecule has 354 valence electrons. The monoisotopic (exact) mass is 924 g/mol. The van der Waals surface area contributed by atoms with Gasteiger partial charge in [0.05, 0.1) is 34.6 Å². The lowest BCUT2D eigenvalue weighted by Gasteiger charge is -2.26. The molecular weight excluding hydrogens is 859 g/mol. The zero-order valence-electron chi connectivity index (χ0n) is 43.1. The fourth-order valence-electron chi connectivity index (χ4n) is 9.46. The highest BCUT2D eigenvalue weighted by molar-refractivity contribution is 6.11. The highest BCUT2D eigenvalue weighted by atomic mass is 16.5. The van der Waals surface area contributed by atoms with Crippen molar-refractivity contribution in [2.45, 2.75) is 105 Å². The van der Waals surface area contributed by atoms with E-state index in [-0.39, 0.29) is 21.7 Å². The Kier molecular flexibility index (Phi) is 11.3. The molecule has 6 aromatic carbocycles. The largest absolute Gasteiger partial charge is 0.456 e. The number of benzene rings is 6. The van der Waals surface area contributed by atoms with Crippen LogP contribution in [-0.2, 0) is 21.7 Å². The Morgan fingerprint density at radius 2 is 1.03 bits per heavy atom. The SMILES string of the molecule is CN1CN(c2cc(Oc3cc4c(cc3-c3nc(-c5ccc(C(C)(C)C)cc5)nc(-c5ccc(C(C)(C)C)cc5)n3)c3ccccc3n4-c3cc(C(C)(C)C)ccn3)cc(C(C)(C)C)c2)c2ccccc21. The van der Waals surface area contributed by atoms with Crippen LogP contribution in [0.3, 0.4) is 0 Å². The Labute approximate surface area is 414 Å². The predicted molar refractivity (Wildman–Crippen MR) is 291 cm³/mol. The Bertz CT molecular complexity index is 3360. The van der Waals surface area contributed by atoms with Crippen LogP contribution in [0, 0.1) is 0 Å². The van der Waals surface area contributed by atoms with Crippen LogP contribution >= 0.6 is 0 Å². The number of pyridine rings is 1. The molecular formula is C62H65N7O. The first kappa shape index (κ1) is 46.4. The number of para-hydroxylation sites is 3. The number of aromatic nitrogens is 5. The minimum atomic E-state index is -0.175. The molecule has 0 saturated carbocycles. The van der Waals surface area contributed by atoms with Gasteiger partial charge in [0.1, 0.15) is 17.3 Å². The molecule has 70 heavy (non-hydrogen) atoms. The number of nitrogens with zero attached hydrogens (tertiary/aromatic N) is 7. The minimum Gasteiger partial charge on any atom is -0.456 e. The Morgan fingerprint density at radius 3 is 1.63 bits per heavy atom. The average molecular weight is 924 g/mol. The molecule has 0 saturated heterocycles. The summed E-state index contributed by atoms with van der Waals surface area (Å²) < 4.78 is 9.68. The number of anilines is 3. The molecule has 0 radical (unpaired) electrons. The van der Waals surface area contributed by atoms with Crippen molar-refractivity contribution >= 4 is 38.9 Å². The van der Waals surface area contributed by atoms with Crippen molar-refractivity contribution < 1.29 is 4.74 Å². The molecule has 0 unspecified atom stereocenters. The molecule has 3 aromatic heterocycles. The van der Waals surface area contributed by atoms with Gasteiger partial charge in [-0.2, -0.15) is 0 Å². The minimum absolute atomic E-state index is 0.00852. The molecule has 9 aromatic rings. The third-order valence-electron chi connectivity index (χ3n) is 13.7. The summed E-state index contributed by atoms with van der Waals surface area (Å²) in [4.78, 5) is 25.6. The number of hydrogen-bond acceptors (Lipinski definition) is 7. The van der Waals surface area contributed by atoms with E-state index in [2.05, 4.69) is 244 Å². The van der Waals surface area contributed by atoms with Crippen molar-refractivity contribution in [1.29, 1.82) is 0 Å². The Hall–Kier alpha value is -7.32. The van der Waals surface area contributed by atoms with Gasteiger partial charge in [0.15, 0.2) is 17.5 Å². The first-order valence-electron chi connectivity index (χ1n) is 24.5. The second-order valence-electron chi connectivity index (χ2n) is 23.2. The zero-order valence-corrected chi connectivity index (χ0v) is 43.1. The van der Waals surface area contributed by atoms with Crippen LogP contribution in [0.4, 0.5) is 17.1 Å². The van der Waals surface area contributed by atoms with Gasteiger partial charge < -0.3 is 14.5 Å². The van der Waals surface area contributed by atoms with Crippen LogP contribution in [-0.4, -0.2) is 38.2 Å². The molecule has 8 nitrogen and oxygen atoms in total. The van der Waals surface area contributed by atoms with E-state index >= 15 is 0 Å². The van der Waals surface area contributed by atoms with Gasteiger partial charge in [-0.1, -0.05) is 162 Å². The predicted octanol–water partition coefficient (Wildman–Crippen LogP) is 15.9. The quantitative estimate of drug-likeness (QED) is 0.158. The van der Waals surface area contributed by atoms with Crippen LogP contribution < -0.4 is 14.5 Å². The maximum absolute atomic E-state index is 7.41. The summed E-state index contributed by atoms with van der Waals surface area (Å²) in [7, 11) is 2.14. The number of hydrogen-bond donors (Lipinski definition) is 0. The highest BCUT2D eigenvalue weighted by Crippen LogP contribution is 2.46. The van der Waals surface area contributed by atoms with Gasteiger partial charge in [-0.05, 0) is 92.4 Å². The first-order chi connectivity index (χ1) is 33.1. The Morgan fingerprint density at radius 1 is 0.471 bits per heavy atom. The third kappa shape index (κ3) is 8.80. The van der Waals surface area contributed by atoms with E-state index in [0.717, 1.165) is 67.0 Å². The van der Waals surface area contributed by atoms with Gasteiger partial charge in [-0.25, -0.2) is 19.9 Å². The van der Waals surface area contributed by atoms with Crippen LogP contribution in [0.1, 0.15) is 105 Å². The topological polar surface area (TPSA) is 72.2 Å². The summed E-state index contributed by atoms with van der Waals surface area (Å²) in [5.74, 6) is 3.87. The van der Waals surface area contributed by atoms with E-state index in [9.17, 15) is 0 Å². The van der Waals surface area contributed by atoms with E-state index in [0.29, 0.717) is 29.9 Å². The Balaban J connectivity index is 1.24. The van der Waals surface area contributed by atoms with Crippen molar-refractivity contribution in [3.63, 3.8) is 0 Å². The van der Waals surface area contributed by atoms with Crippen molar-refractivity contribution in [1.82, 2.24) is 24.5 Å². The van der Waals surface area contributed by atoms with Gasteiger partial charge in [0.25, 0.3) is 0 Å². The maximum Gasteiger partial charge on any atom is 0.167 e. The summed E-state index contributed by atoms with van der Waals surface area (Å²) in [5.41, 5.74) is 12.6. The molecule has 1 aliphatic heterocycles. The second kappa shape index (κ2) is 17.0. The molecule has 0 fully saturated rings. The third-order valence-corrected chi connectivity index (χ3v) is 13.7. The molecule has 10 rings (SSSR count). The normalized spacial score (nSPS) is 13.4. The molecule has 0 aliphatic carbocycles. The molecule has 0 bridgehead atoms. The summed E-state index contributed by atoms with van der Waals surface area (Å²) in [5, 5.41) is 2.13. The number of rotatable bonds is 7. The lowest BCUT2D eigenvalue weighted by molar-refractivity contribution is 0.480. The lowest BCUT2D eigenvalue weighted by Crippen LogP contribution is -2.24. The fraction of sp³-hybridized carbons (Fsp3) is 0.290. The van der Waals surface area contributed by atoms with E-state index in [1.54, 1.807) is 0 Å². The lowest BCUT2D eigenvalue weighted by atomic mass is 9.86. The van der Waals surface area contributed by atoms with Gasteiger partial charge in [-0.15, -0.1) is 0 Å². The van der Waals surface area contributed by atoms with Gasteiger partial charge >= 0.3 is 0 Å². The standard InChI is InChI=1S/C62H65N7O/c1-59(2,3)41-26-22-39(23-27-41)56-64-57(40-24-28-42(29-25-40)60(4,5)6)66-58(65-56)49-36-48-47-18-14-15-19-50(47)69(55-34-43(30-31-63-55)61(7,8)9)53(48)37-54(49)70-46-33-44(62(10,11)12)32-45(35-46)68-38-67(13)51-20-16-17-21-52(51)68/h14-37H,38H2,1-13H3. The van der Waals surface area contributed by atoms with Gasteiger partial charge in [0.2, 0.25) is 0 Å². The summed E-state index contributed by atoms with van der Waals surface area (Å²) >= 11 is 0. The van der Waals surface area contributed by atoms with E-state index < -0.39 is 0 Å². The van der Waals surface area contributed by atoms with Crippen LogP contribution in [0.15, 0.2) is 146 Å². The number of fused-ring (bicyclic) bond motifs is 4. The average Bonchev–Trinajstić information content (AvgIpc) is 3.84. The zero-order chi connectivity index (χ0) is 49.5. The molecule has 0 atom stereocenters. The van der Waals surface area contributed by atoms with E-state index in [4.69, 9.17) is 24.7 Å². The van der Waals surface area contributed by atoms with Crippen LogP contribution in [0.2, 0.25) is 0 Å². The number of ether oxygens (including phenoxy) is 1. The molecule has 0 N–H and O–H groups in total. The van der Waals surface area contributed by atoms with Crippen LogP contribution in [0.5, 0.6) is 11.5 Å². The van der Waals surface area contributed by atoms with Crippen molar-refractivity contribution in [3.8, 4) is 51.5 Å². The van der Waals surface area contributed by atoms with Crippen LogP contribution in [0.25, 0.3) is 61.8 Å². The van der Waals surface area contributed by atoms with E-state index in [1.807, 2.05) is 6.20 Å². The molecule has 0 amide bonds. The van der Waals surface area contributed by atoms with Crippen molar-refractivity contribution in [3.05, 3.63) is 168 Å². The highest BCUT2D eigenvalue weighted by Gasteiger charge is 2.28. The molecule has 1 aliphatic rings. The van der Waals surface area contributed by atoms with E-state index in [1.165, 1.54) is 22.4 Å². The first-order valence-corrected chi connectivity index (χ1v) is 24.5. The maximum atomic E-state index is 7.41. The smallest absolute Gasteiger partial charge is 0.167 e. The molecule has 8 heteroatoms. The molecule has 0 spiro atoms. The second-order valence-corrected chi connectivity index (χ2v) is 23.2. The molecule has 4 heterocycles. The van der Waals surface area contributed by atoms with Gasteiger partial charge in [-0.3, -0.25) is 4.57 Å². The van der Waals surface area contributed by atoms with Crippen molar-refractivity contribution in [2.75, 3.05) is 23.5 Å². The fourth-order valence-corrected chi connectivity index (χ4v) is 9.46. The van der Waals surface area contributed by atoms with Gasteiger partial charge in [0, 0.05) is 53.0 Å². The summed E-state index contributed by atoms with van der Waals surface area (Å²) in [6.07, 6.45) is 1.92.